The van der Waals surface area contributed by atoms with Crippen LogP contribution < -0.4 is 10.4 Å². The average Bonchev–Trinajstić information content (AvgIpc) is 2.67. The molecule has 28 heavy (non-hydrogen) atoms. The molecule has 0 aliphatic carbocycles. The van der Waals surface area contributed by atoms with E-state index in [0.717, 1.165) is 10.8 Å². The Hall–Kier alpha value is -2.64. The SMILES string of the molecule is Cc1cc(OC2CCN(S(=O)(=O)c3cccc4ccccc34)CC2)cc(=O)o1. The van der Waals surface area contributed by atoms with Crippen LogP contribution >= 0.6 is 0 Å². The van der Waals surface area contributed by atoms with Gasteiger partial charge in [-0.1, -0.05) is 36.4 Å². The van der Waals surface area contributed by atoms with E-state index in [0.29, 0.717) is 42.3 Å². The third-order valence-corrected chi connectivity index (χ3v) is 6.90. The summed E-state index contributed by atoms with van der Waals surface area (Å²) >= 11 is 0. The number of hydrogen-bond acceptors (Lipinski definition) is 5. The lowest BCUT2D eigenvalue weighted by Crippen LogP contribution is -2.41. The number of ether oxygens (including phenoxy) is 1. The Morgan fingerprint density at radius 3 is 2.50 bits per heavy atom. The number of sulfonamides is 1. The van der Waals surface area contributed by atoms with E-state index >= 15 is 0 Å². The molecule has 0 saturated carbocycles. The molecule has 7 heteroatoms. The molecule has 0 bridgehead atoms. The second-order valence-electron chi connectivity index (χ2n) is 6.92. The van der Waals surface area contributed by atoms with Gasteiger partial charge in [0.2, 0.25) is 10.0 Å². The topological polar surface area (TPSA) is 76.8 Å². The quantitative estimate of drug-likeness (QED) is 0.673. The van der Waals surface area contributed by atoms with Crippen LogP contribution in [0.5, 0.6) is 5.75 Å². The first-order valence-electron chi connectivity index (χ1n) is 9.20. The highest BCUT2D eigenvalue weighted by Crippen LogP contribution is 2.28. The van der Waals surface area contributed by atoms with Crippen molar-refractivity contribution in [2.45, 2.75) is 30.8 Å². The molecule has 4 rings (SSSR count). The van der Waals surface area contributed by atoms with Crippen LogP contribution in [0.15, 0.2) is 68.7 Å². The van der Waals surface area contributed by atoms with Gasteiger partial charge in [0.25, 0.3) is 0 Å². The van der Waals surface area contributed by atoms with E-state index < -0.39 is 15.6 Å². The zero-order valence-corrected chi connectivity index (χ0v) is 16.3. The number of aryl methyl sites for hydroxylation is 1. The molecular formula is C21H21NO5S. The predicted octanol–water partition coefficient (Wildman–Crippen LogP) is 3.33. The summed E-state index contributed by atoms with van der Waals surface area (Å²) in [5, 5.41) is 1.63. The summed E-state index contributed by atoms with van der Waals surface area (Å²) in [5.41, 5.74) is -0.453. The molecule has 0 spiro atoms. The fourth-order valence-electron chi connectivity index (χ4n) is 3.59. The Bertz CT molecular complexity index is 1160. The number of rotatable bonds is 4. The first-order chi connectivity index (χ1) is 13.4. The summed E-state index contributed by atoms with van der Waals surface area (Å²) in [4.78, 5) is 11.8. The van der Waals surface area contributed by atoms with Crippen molar-refractivity contribution in [3.8, 4) is 5.75 Å². The maximum atomic E-state index is 13.2. The lowest BCUT2D eigenvalue weighted by atomic mass is 10.1. The van der Waals surface area contributed by atoms with Gasteiger partial charge < -0.3 is 9.15 Å². The molecule has 0 atom stereocenters. The van der Waals surface area contributed by atoms with Gasteiger partial charge >= 0.3 is 5.63 Å². The molecule has 0 amide bonds. The van der Waals surface area contributed by atoms with Crippen LogP contribution in [-0.2, 0) is 10.0 Å². The van der Waals surface area contributed by atoms with Crippen molar-refractivity contribution in [3.05, 3.63) is 70.8 Å². The smallest absolute Gasteiger partial charge is 0.339 e. The van der Waals surface area contributed by atoms with Crippen molar-refractivity contribution in [2.75, 3.05) is 13.1 Å². The lowest BCUT2D eigenvalue weighted by Gasteiger charge is -2.31. The standard InChI is InChI=1S/C21H21NO5S/c1-15-13-18(14-21(23)26-15)27-17-9-11-22(12-10-17)28(24,25)20-8-4-6-16-5-2-3-7-19(16)20/h2-8,13-14,17H,9-12H2,1H3. The average molecular weight is 399 g/mol. The van der Waals surface area contributed by atoms with Gasteiger partial charge in [-0.15, -0.1) is 0 Å². The number of piperidine rings is 1. The molecule has 146 valence electrons. The molecule has 3 aromatic rings. The molecule has 0 unspecified atom stereocenters. The van der Waals surface area contributed by atoms with Crippen molar-refractivity contribution in [2.24, 2.45) is 0 Å². The second-order valence-corrected chi connectivity index (χ2v) is 8.83. The molecule has 1 aromatic heterocycles. The summed E-state index contributed by atoms with van der Waals surface area (Å²) in [6, 6.07) is 15.8. The summed E-state index contributed by atoms with van der Waals surface area (Å²) in [6.07, 6.45) is 0.979. The van der Waals surface area contributed by atoms with Gasteiger partial charge in [-0.3, -0.25) is 0 Å². The van der Waals surface area contributed by atoms with Crippen LogP contribution in [0.2, 0.25) is 0 Å². The summed E-state index contributed by atoms with van der Waals surface area (Å²) in [7, 11) is -3.59. The fourth-order valence-corrected chi connectivity index (χ4v) is 5.27. The van der Waals surface area contributed by atoms with Gasteiger partial charge in [-0.25, -0.2) is 13.2 Å². The molecule has 1 aliphatic rings. The van der Waals surface area contributed by atoms with E-state index in [2.05, 4.69) is 0 Å². The molecule has 0 radical (unpaired) electrons. The zero-order valence-electron chi connectivity index (χ0n) is 15.5. The van der Waals surface area contributed by atoms with Crippen LogP contribution in [0, 0.1) is 6.92 Å². The van der Waals surface area contributed by atoms with E-state index in [4.69, 9.17) is 9.15 Å². The fraction of sp³-hybridized carbons (Fsp3) is 0.286. The van der Waals surface area contributed by atoms with Gasteiger partial charge in [0.05, 0.1) is 11.0 Å². The van der Waals surface area contributed by atoms with E-state index in [1.807, 2.05) is 30.3 Å². The molecule has 0 N–H and O–H groups in total. The van der Waals surface area contributed by atoms with Crippen LogP contribution in [-0.4, -0.2) is 31.9 Å². The minimum Gasteiger partial charge on any atom is -0.490 e. The van der Waals surface area contributed by atoms with Gasteiger partial charge in [-0.2, -0.15) is 4.31 Å². The van der Waals surface area contributed by atoms with E-state index in [-0.39, 0.29) is 6.10 Å². The number of fused-ring (bicyclic) bond motifs is 1. The normalized spacial score (nSPS) is 16.3. The highest BCUT2D eigenvalue weighted by molar-refractivity contribution is 7.89. The highest BCUT2D eigenvalue weighted by Gasteiger charge is 2.31. The highest BCUT2D eigenvalue weighted by atomic mass is 32.2. The predicted molar refractivity (Wildman–Crippen MR) is 106 cm³/mol. The third-order valence-electron chi connectivity index (χ3n) is 4.94. The molecule has 1 fully saturated rings. The first-order valence-corrected chi connectivity index (χ1v) is 10.6. The largest absolute Gasteiger partial charge is 0.490 e. The molecule has 6 nitrogen and oxygen atoms in total. The summed E-state index contributed by atoms with van der Waals surface area (Å²) < 4.78 is 38.7. The van der Waals surface area contributed by atoms with Crippen LogP contribution in [0.3, 0.4) is 0 Å². The molecule has 2 aromatic carbocycles. The van der Waals surface area contributed by atoms with Crippen molar-refractivity contribution in [1.82, 2.24) is 4.31 Å². The van der Waals surface area contributed by atoms with Crippen molar-refractivity contribution in [3.63, 3.8) is 0 Å². The van der Waals surface area contributed by atoms with E-state index in [9.17, 15) is 13.2 Å². The minimum atomic E-state index is -3.59. The summed E-state index contributed by atoms with van der Waals surface area (Å²) in [6.45, 7) is 2.43. The minimum absolute atomic E-state index is 0.139. The zero-order chi connectivity index (χ0) is 19.7. The maximum absolute atomic E-state index is 13.2. The Morgan fingerprint density at radius 1 is 1.04 bits per heavy atom. The lowest BCUT2D eigenvalue weighted by molar-refractivity contribution is 0.134. The van der Waals surface area contributed by atoms with Gasteiger partial charge in [0, 0.05) is 24.5 Å². The van der Waals surface area contributed by atoms with E-state index in [1.165, 1.54) is 10.4 Å². The van der Waals surface area contributed by atoms with Crippen LogP contribution in [0.4, 0.5) is 0 Å². The number of hydrogen-bond donors (Lipinski definition) is 0. The number of benzene rings is 2. The Balaban J connectivity index is 1.50. The monoisotopic (exact) mass is 399 g/mol. The van der Waals surface area contributed by atoms with Crippen molar-refractivity contribution < 1.29 is 17.6 Å². The van der Waals surface area contributed by atoms with E-state index in [1.54, 1.807) is 25.1 Å². The van der Waals surface area contributed by atoms with Crippen LogP contribution in [0.1, 0.15) is 18.6 Å². The molecule has 2 heterocycles. The Morgan fingerprint density at radius 2 is 1.75 bits per heavy atom. The third kappa shape index (κ3) is 3.68. The second kappa shape index (κ2) is 7.41. The van der Waals surface area contributed by atoms with Gasteiger partial charge in [0.1, 0.15) is 17.6 Å². The molecular weight excluding hydrogens is 378 g/mol. The molecule has 1 saturated heterocycles. The first kappa shape index (κ1) is 18.7. The molecule has 1 aliphatic heterocycles. The Labute approximate surface area is 163 Å². The van der Waals surface area contributed by atoms with Crippen molar-refractivity contribution in [1.29, 1.82) is 0 Å². The maximum Gasteiger partial charge on any atom is 0.339 e. The van der Waals surface area contributed by atoms with Gasteiger partial charge in [0.15, 0.2) is 0 Å². The Kier molecular flexibility index (Phi) is 4.95. The number of nitrogens with zero attached hydrogens (tertiary/aromatic N) is 1. The van der Waals surface area contributed by atoms with Gasteiger partial charge in [-0.05, 0) is 31.2 Å². The van der Waals surface area contributed by atoms with Crippen molar-refractivity contribution >= 4 is 20.8 Å². The van der Waals surface area contributed by atoms with Crippen LogP contribution in [0.25, 0.3) is 10.8 Å². The summed E-state index contributed by atoms with van der Waals surface area (Å²) in [5.74, 6) is 0.947.